The van der Waals surface area contributed by atoms with Crippen molar-refractivity contribution in [1.29, 1.82) is 0 Å². The molecule has 4 heteroatoms. The van der Waals surface area contributed by atoms with Gasteiger partial charge < -0.3 is 14.6 Å². The fraction of sp³-hybridized carbons (Fsp3) is 0.250. The van der Waals surface area contributed by atoms with E-state index >= 15 is 0 Å². The number of hydrogen-bond acceptors (Lipinski definition) is 2. The number of aryl methyl sites for hydroxylation is 1. The molecule has 4 nitrogen and oxygen atoms in total. The molecule has 0 aliphatic carbocycles. The van der Waals surface area contributed by atoms with E-state index in [1.165, 1.54) is 0 Å². The molecule has 0 bridgehead atoms. The number of nitrogens with zero attached hydrogens (tertiary/aromatic N) is 1. The van der Waals surface area contributed by atoms with Crippen molar-refractivity contribution in [3.8, 4) is 5.75 Å². The van der Waals surface area contributed by atoms with Gasteiger partial charge in [-0.15, -0.1) is 0 Å². The molecule has 0 unspecified atom stereocenters. The highest BCUT2D eigenvalue weighted by Crippen LogP contribution is 2.25. The molecule has 1 aromatic heterocycles. The Bertz CT molecular complexity index is 863. The highest BCUT2D eigenvalue weighted by Gasteiger charge is 2.14. The molecule has 124 valence electrons. The number of carbonyl (C=O) groups is 1. The molecule has 0 fully saturated rings. The van der Waals surface area contributed by atoms with E-state index in [9.17, 15) is 4.79 Å². The van der Waals surface area contributed by atoms with Crippen LogP contribution in [0.3, 0.4) is 0 Å². The van der Waals surface area contributed by atoms with Crippen molar-refractivity contribution in [1.82, 2.24) is 9.88 Å². The summed E-state index contributed by atoms with van der Waals surface area (Å²) in [6.07, 6.45) is 0.392. The molecule has 1 N–H and O–H groups in total. The minimum absolute atomic E-state index is 0.0327. The summed E-state index contributed by atoms with van der Waals surface area (Å²) in [7, 11) is 3.68. The molecule has 2 aromatic carbocycles. The van der Waals surface area contributed by atoms with Crippen LogP contribution in [0.5, 0.6) is 5.75 Å². The second kappa shape index (κ2) is 6.79. The standard InChI is InChI=1S/C20H22N2O2/c1-14-18(17-6-4-5-7-19(17)22(14)2)12-20(23)21-13-15-8-10-16(24-3)11-9-15/h4-11H,12-13H2,1-3H3,(H,21,23). The summed E-state index contributed by atoms with van der Waals surface area (Å²) in [5, 5.41) is 4.15. The van der Waals surface area contributed by atoms with E-state index in [4.69, 9.17) is 4.74 Å². The van der Waals surface area contributed by atoms with Crippen LogP contribution in [-0.2, 0) is 24.8 Å². The van der Waals surface area contributed by atoms with E-state index in [0.717, 1.165) is 33.5 Å². The zero-order valence-corrected chi connectivity index (χ0v) is 14.3. The third-order valence-electron chi connectivity index (χ3n) is 4.52. The summed E-state index contributed by atoms with van der Waals surface area (Å²) in [5.41, 5.74) is 4.45. The fourth-order valence-corrected chi connectivity index (χ4v) is 2.99. The van der Waals surface area contributed by atoms with E-state index < -0.39 is 0 Å². The summed E-state index contributed by atoms with van der Waals surface area (Å²) < 4.78 is 7.28. The smallest absolute Gasteiger partial charge is 0.224 e. The molecule has 0 aliphatic heterocycles. The highest BCUT2D eigenvalue weighted by atomic mass is 16.5. The fourth-order valence-electron chi connectivity index (χ4n) is 2.99. The quantitative estimate of drug-likeness (QED) is 0.783. The van der Waals surface area contributed by atoms with Gasteiger partial charge in [-0.1, -0.05) is 30.3 Å². The van der Waals surface area contributed by atoms with E-state index in [-0.39, 0.29) is 5.91 Å². The number of aromatic nitrogens is 1. The summed E-state index contributed by atoms with van der Waals surface area (Å²) >= 11 is 0. The Balaban J connectivity index is 1.70. The van der Waals surface area contributed by atoms with Crippen LogP contribution < -0.4 is 10.1 Å². The lowest BCUT2D eigenvalue weighted by molar-refractivity contribution is -0.120. The first-order chi connectivity index (χ1) is 11.6. The lowest BCUT2D eigenvalue weighted by atomic mass is 10.1. The Morgan fingerprint density at radius 3 is 2.54 bits per heavy atom. The van der Waals surface area contributed by atoms with Crippen LogP contribution in [0.4, 0.5) is 0 Å². The maximum atomic E-state index is 12.4. The van der Waals surface area contributed by atoms with Crippen LogP contribution in [0.2, 0.25) is 0 Å². The number of methoxy groups -OCH3 is 1. The lowest BCUT2D eigenvalue weighted by Crippen LogP contribution is -2.24. The molecule has 24 heavy (non-hydrogen) atoms. The predicted molar refractivity (Wildman–Crippen MR) is 96.2 cm³/mol. The van der Waals surface area contributed by atoms with Crippen LogP contribution >= 0.6 is 0 Å². The molecule has 1 amide bonds. The first kappa shape index (κ1) is 16.1. The number of benzene rings is 2. The Labute approximate surface area is 142 Å². The van der Waals surface area contributed by atoms with Gasteiger partial charge in [-0.3, -0.25) is 4.79 Å². The predicted octanol–water partition coefficient (Wildman–Crippen LogP) is 3.35. The Morgan fingerprint density at radius 2 is 1.83 bits per heavy atom. The SMILES string of the molecule is COc1ccc(CNC(=O)Cc2c(C)n(C)c3ccccc23)cc1. The van der Waals surface area contributed by atoms with Gasteiger partial charge in [-0.2, -0.15) is 0 Å². The summed E-state index contributed by atoms with van der Waals surface area (Å²) in [6.45, 7) is 2.58. The molecular formula is C20H22N2O2. The third-order valence-corrected chi connectivity index (χ3v) is 4.52. The van der Waals surface area contributed by atoms with Gasteiger partial charge in [-0.05, 0) is 36.2 Å². The van der Waals surface area contributed by atoms with Gasteiger partial charge in [-0.25, -0.2) is 0 Å². The second-order valence-electron chi connectivity index (χ2n) is 5.94. The zero-order valence-electron chi connectivity index (χ0n) is 14.3. The molecule has 3 aromatic rings. The van der Waals surface area contributed by atoms with Gasteiger partial charge in [0, 0.05) is 30.2 Å². The normalized spacial score (nSPS) is 10.8. The van der Waals surface area contributed by atoms with Crippen LogP contribution in [0.1, 0.15) is 16.8 Å². The van der Waals surface area contributed by atoms with Crippen molar-refractivity contribution >= 4 is 16.8 Å². The average Bonchev–Trinajstić information content (AvgIpc) is 2.86. The van der Waals surface area contributed by atoms with Gasteiger partial charge in [0.1, 0.15) is 5.75 Å². The molecule has 0 spiro atoms. The van der Waals surface area contributed by atoms with Crippen molar-refractivity contribution in [2.75, 3.05) is 7.11 Å². The molecule has 0 saturated heterocycles. The van der Waals surface area contributed by atoms with Gasteiger partial charge >= 0.3 is 0 Å². The first-order valence-corrected chi connectivity index (χ1v) is 8.02. The minimum Gasteiger partial charge on any atom is -0.497 e. The van der Waals surface area contributed by atoms with E-state index in [2.05, 4.69) is 28.9 Å². The van der Waals surface area contributed by atoms with Crippen LogP contribution in [-0.4, -0.2) is 17.6 Å². The summed E-state index contributed by atoms with van der Waals surface area (Å²) in [5.74, 6) is 0.849. The van der Waals surface area contributed by atoms with Crippen LogP contribution in [0.25, 0.3) is 10.9 Å². The molecule has 3 rings (SSSR count). The van der Waals surface area contributed by atoms with Crippen molar-refractivity contribution < 1.29 is 9.53 Å². The number of nitrogens with one attached hydrogen (secondary N) is 1. The van der Waals surface area contributed by atoms with Gasteiger partial charge in [0.15, 0.2) is 0 Å². The average molecular weight is 322 g/mol. The number of rotatable bonds is 5. The molecule has 0 aliphatic rings. The third kappa shape index (κ3) is 3.13. The lowest BCUT2D eigenvalue weighted by Gasteiger charge is -2.07. The van der Waals surface area contributed by atoms with Gasteiger partial charge in [0.2, 0.25) is 5.91 Å². The molecule has 0 saturated carbocycles. The zero-order chi connectivity index (χ0) is 17.1. The Hall–Kier alpha value is -2.75. The van der Waals surface area contributed by atoms with Gasteiger partial charge in [0.05, 0.1) is 13.5 Å². The molecule has 0 atom stereocenters. The molecular weight excluding hydrogens is 300 g/mol. The minimum atomic E-state index is 0.0327. The highest BCUT2D eigenvalue weighted by molar-refractivity contribution is 5.90. The first-order valence-electron chi connectivity index (χ1n) is 8.02. The monoisotopic (exact) mass is 322 g/mol. The largest absolute Gasteiger partial charge is 0.497 e. The van der Waals surface area contributed by atoms with Crippen molar-refractivity contribution in [3.63, 3.8) is 0 Å². The number of ether oxygens (including phenoxy) is 1. The van der Waals surface area contributed by atoms with Gasteiger partial charge in [0.25, 0.3) is 0 Å². The maximum absolute atomic E-state index is 12.4. The van der Waals surface area contributed by atoms with Crippen molar-refractivity contribution in [2.24, 2.45) is 7.05 Å². The van der Waals surface area contributed by atoms with E-state index in [0.29, 0.717) is 13.0 Å². The summed E-state index contributed by atoms with van der Waals surface area (Å²) in [6, 6.07) is 15.9. The Morgan fingerprint density at radius 1 is 1.12 bits per heavy atom. The van der Waals surface area contributed by atoms with E-state index in [1.54, 1.807) is 7.11 Å². The van der Waals surface area contributed by atoms with Crippen LogP contribution in [0.15, 0.2) is 48.5 Å². The number of carbonyl (C=O) groups excluding carboxylic acids is 1. The molecule has 1 heterocycles. The van der Waals surface area contributed by atoms with E-state index in [1.807, 2.05) is 43.4 Å². The number of hydrogen-bond donors (Lipinski definition) is 1. The number of para-hydroxylation sites is 1. The second-order valence-corrected chi connectivity index (χ2v) is 5.94. The van der Waals surface area contributed by atoms with Crippen LogP contribution in [0, 0.1) is 6.92 Å². The number of fused-ring (bicyclic) bond motifs is 1. The molecule has 0 radical (unpaired) electrons. The topological polar surface area (TPSA) is 43.3 Å². The maximum Gasteiger partial charge on any atom is 0.224 e. The van der Waals surface area contributed by atoms with Crippen molar-refractivity contribution in [2.45, 2.75) is 19.9 Å². The number of amides is 1. The summed E-state index contributed by atoms with van der Waals surface area (Å²) in [4.78, 5) is 12.4. The Kier molecular flexibility index (Phi) is 4.56. The van der Waals surface area contributed by atoms with Crippen molar-refractivity contribution in [3.05, 3.63) is 65.4 Å².